The zero-order valence-electron chi connectivity index (χ0n) is 9.71. The van der Waals surface area contributed by atoms with Gasteiger partial charge in [-0.3, -0.25) is 0 Å². The van der Waals surface area contributed by atoms with Crippen molar-refractivity contribution in [2.45, 2.75) is 19.4 Å². The first-order valence-electron chi connectivity index (χ1n) is 5.86. The summed E-state index contributed by atoms with van der Waals surface area (Å²) in [7, 11) is 2.20. The largest absolute Gasteiger partial charge is 0.316 e. The van der Waals surface area contributed by atoms with Crippen molar-refractivity contribution in [3.63, 3.8) is 0 Å². The molecule has 0 aromatic carbocycles. The van der Waals surface area contributed by atoms with Gasteiger partial charge in [0.05, 0.1) is 5.02 Å². The number of rotatable bonds is 4. The normalized spacial score (nSPS) is 21.6. The van der Waals surface area contributed by atoms with Crippen molar-refractivity contribution in [1.29, 1.82) is 0 Å². The Kier molecular flexibility index (Phi) is 4.65. The molecule has 2 rings (SSSR count). The number of piperidine rings is 1. The summed E-state index contributed by atoms with van der Waals surface area (Å²) in [6.07, 6.45) is 2.69. The first kappa shape index (κ1) is 12.4. The minimum atomic E-state index is 0.814. The van der Waals surface area contributed by atoms with Crippen molar-refractivity contribution >= 4 is 22.9 Å². The van der Waals surface area contributed by atoms with Gasteiger partial charge in [-0.25, -0.2) is 0 Å². The van der Waals surface area contributed by atoms with E-state index < -0.39 is 0 Å². The molecule has 1 aromatic rings. The lowest BCUT2D eigenvalue weighted by molar-refractivity contribution is 0.239. The minimum Gasteiger partial charge on any atom is -0.316 e. The molecule has 1 aromatic heterocycles. The van der Waals surface area contributed by atoms with Crippen LogP contribution in [-0.4, -0.2) is 31.6 Å². The Labute approximate surface area is 107 Å². The highest BCUT2D eigenvalue weighted by Gasteiger charge is 2.15. The molecular formula is C12H19ClN2S. The van der Waals surface area contributed by atoms with Gasteiger partial charge in [0.1, 0.15) is 0 Å². The maximum atomic E-state index is 5.92. The minimum absolute atomic E-state index is 0.814. The third kappa shape index (κ3) is 3.74. The molecule has 16 heavy (non-hydrogen) atoms. The van der Waals surface area contributed by atoms with E-state index in [1.807, 2.05) is 5.38 Å². The second kappa shape index (κ2) is 6.01. The van der Waals surface area contributed by atoms with Crippen molar-refractivity contribution in [2.75, 3.05) is 26.7 Å². The van der Waals surface area contributed by atoms with Crippen LogP contribution in [-0.2, 0) is 6.54 Å². The molecule has 2 nitrogen and oxygen atoms in total. The van der Waals surface area contributed by atoms with Crippen LogP contribution in [0.4, 0.5) is 0 Å². The van der Waals surface area contributed by atoms with E-state index in [1.54, 1.807) is 11.3 Å². The molecule has 4 heteroatoms. The van der Waals surface area contributed by atoms with Crippen LogP contribution in [0.3, 0.4) is 0 Å². The van der Waals surface area contributed by atoms with Crippen molar-refractivity contribution < 1.29 is 0 Å². The van der Waals surface area contributed by atoms with E-state index in [-0.39, 0.29) is 0 Å². The quantitative estimate of drug-likeness (QED) is 0.894. The predicted octanol–water partition coefficient (Wildman–Crippen LogP) is 2.83. The SMILES string of the molecule is CN(Cc1cc(Cl)cs1)CC1CCCNC1. The number of thiophene rings is 1. The Morgan fingerprint density at radius 1 is 1.62 bits per heavy atom. The Morgan fingerprint density at radius 3 is 3.12 bits per heavy atom. The molecule has 1 atom stereocenters. The zero-order chi connectivity index (χ0) is 11.4. The van der Waals surface area contributed by atoms with Crippen LogP contribution >= 0.6 is 22.9 Å². The summed E-state index contributed by atoms with van der Waals surface area (Å²) in [4.78, 5) is 3.76. The summed E-state index contributed by atoms with van der Waals surface area (Å²) < 4.78 is 0. The molecule has 90 valence electrons. The molecule has 0 amide bonds. The summed E-state index contributed by atoms with van der Waals surface area (Å²) in [5, 5.41) is 6.34. The zero-order valence-corrected chi connectivity index (χ0v) is 11.3. The van der Waals surface area contributed by atoms with Crippen LogP contribution in [0.15, 0.2) is 11.4 Å². The maximum absolute atomic E-state index is 5.92. The highest BCUT2D eigenvalue weighted by molar-refractivity contribution is 7.10. The molecule has 1 aliphatic heterocycles. The molecule has 0 aliphatic carbocycles. The van der Waals surface area contributed by atoms with Crippen molar-refractivity contribution in [3.8, 4) is 0 Å². The van der Waals surface area contributed by atoms with E-state index in [2.05, 4.69) is 23.3 Å². The highest BCUT2D eigenvalue weighted by Crippen LogP contribution is 2.21. The van der Waals surface area contributed by atoms with Gasteiger partial charge in [0.25, 0.3) is 0 Å². The van der Waals surface area contributed by atoms with Gasteiger partial charge >= 0.3 is 0 Å². The fourth-order valence-corrected chi connectivity index (χ4v) is 3.44. The van der Waals surface area contributed by atoms with Gasteiger partial charge in [0.2, 0.25) is 0 Å². The highest BCUT2D eigenvalue weighted by atomic mass is 35.5. The molecule has 0 radical (unpaired) electrons. The predicted molar refractivity (Wildman–Crippen MR) is 71.3 cm³/mol. The van der Waals surface area contributed by atoms with Crippen LogP contribution in [0.25, 0.3) is 0 Å². The lowest BCUT2D eigenvalue weighted by Crippen LogP contribution is -2.36. The average Bonchev–Trinajstić information content (AvgIpc) is 2.65. The lowest BCUT2D eigenvalue weighted by atomic mass is 9.99. The number of hydrogen-bond donors (Lipinski definition) is 1. The first-order valence-corrected chi connectivity index (χ1v) is 7.12. The summed E-state index contributed by atoms with van der Waals surface area (Å²) in [5.41, 5.74) is 0. The smallest absolute Gasteiger partial charge is 0.0516 e. The van der Waals surface area contributed by atoms with E-state index in [1.165, 1.54) is 37.4 Å². The van der Waals surface area contributed by atoms with Crippen molar-refractivity contribution in [1.82, 2.24) is 10.2 Å². The number of nitrogens with zero attached hydrogens (tertiary/aromatic N) is 1. The van der Waals surface area contributed by atoms with Crippen LogP contribution in [0.1, 0.15) is 17.7 Å². The van der Waals surface area contributed by atoms with E-state index in [9.17, 15) is 0 Å². The molecular weight excluding hydrogens is 240 g/mol. The summed E-state index contributed by atoms with van der Waals surface area (Å²) in [6.45, 7) is 4.58. The molecule has 0 spiro atoms. The van der Waals surface area contributed by atoms with Gasteiger partial charge in [-0.1, -0.05) is 11.6 Å². The topological polar surface area (TPSA) is 15.3 Å². The van der Waals surface area contributed by atoms with Crippen molar-refractivity contribution in [3.05, 3.63) is 21.3 Å². The number of halogens is 1. The average molecular weight is 259 g/mol. The Hall–Kier alpha value is -0.0900. The molecule has 1 N–H and O–H groups in total. The maximum Gasteiger partial charge on any atom is 0.0516 e. The third-order valence-corrected chi connectivity index (χ3v) is 4.29. The molecule has 1 aliphatic rings. The van der Waals surface area contributed by atoms with Crippen LogP contribution < -0.4 is 5.32 Å². The van der Waals surface area contributed by atoms with E-state index in [4.69, 9.17) is 11.6 Å². The Bertz CT molecular complexity index is 321. The number of nitrogens with one attached hydrogen (secondary N) is 1. The standard InChI is InChI=1S/C12H19ClN2S/c1-15(7-10-3-2-4-14-6-10)8-12-5-11(13)9-16-12/h5,9-10,14H,2-4,6-8H2,1H3. The fraction of sp³-hybridized carbons (Fsp3) is 0.667. The monoisotopic (exact) mass is 258 g/mol. The summed E-state index contributed by atoms with van der Waals surface area (Å²) in [6, 6.07) is 2.07. The van der Waals surface area contributed by atoms with Crippen LogP contribution in [0.5, 0.6) is 0 Å². The van der Waals surface area contributed by atoms with Gasteiger partial charge in [-0.15, -0.1) is 11.3 Å². The lowest BCUT2D eigenvalue weighted by Gasteiger charge is -2.27. The molecule has 2 heterocycles. The summed E-state index contributed by atoms with van der Waals surface area (Å²) in [5.74, 6) is 0.814. The Morgan fingerprint density at radius 2 is 2.50 bits per heavy atom. The summed E-state index contributed by atoms with van der Waals surface area (Å²) >= 11 is 7.67. The van der Waals surface area contributed by atoms with E-state index >= 15 is 0 Å². The third-order valence-electron chi connectivity index (χ3n) is 3.02. The van der Waals surface area contributed by atoms with E-state index in [0.29, 0.717) is 0 Å². The molecule has 1 unspecified atom stereocenters. The van der Waals surface area contributed by atoms with Gasteiger partial charge in [0.15, 0.2) is 0 Å². The molecule has 0 bridgehead atoms. The molecule has 1 saturated heterocycles. The molecule has 0 saturated carbocycles. The van der Waals surface area contributed by atoms with E-state index in [0.717, 1.165) is 17.5 Å². The first-order chi connectivity index (χ1) is 7.74. The second-order valence-electron chi connectivity index (χ2n) is 4.64. The van der Waals surface area contributed by atoms with Crippen LogP contribution in [0, 0.1) is 5.92 Å². The fourth-order valence-electron chi connectivity index (χ4n) is 2.29. The Balaban J connectivity index is 1.77. The second-order valence-corrected chi connectivity index (χ2v) is 6.07. The van der Waals surface area contributed by atoms with Crippen LogP contribution in [0.2, 0.25) is 5.02 Å². The van der Waals surface area contributed by atoms with Gasteiger partial charge in [-0.05, 0) is 45.0 Å². The van der Waals surface area contributed by atoms with Gasteiger partial charge in [-0.2, -0.15) is 0 Å². The van der Waals surface area contributed by atoms with Gasteiger partial charge < -0.3 is 10.2 Å². The van der Waals surface area contributed by atoms with Gasteiger partial charge in [0, 0.05) is 23.3 Å². The molecule has 1 fully saturated rings. The van der Waals surface area contributed by atoms with Crippen molar-refractivity contribution in [2.24, 2.45) is 5.92 Å². The number of hydrogen-bond acceptors (Lipinski definition) is 3.